The number of halogens is 1. The number of hydrogen-bond acceptors (Lipinski definition) is 15. The molecule has 2 bridgehead atoms. The number of hydrogen-bond donors (Lipinski definition) is 3. The second kappa shape index (κ2) is 21.3. The van der Waals surface area contributed by atoms with Crippen LogP contribution in [0.25, 0.3) is 11.0 Å². The van der Waals surface area contributed by atoms with Gasteiger partial charge in [0.25, 0.3) is 17.4 Å². The molecule has 9 heterocycles. The van der Waals surface area contributed by atoms with Crippen LogP contribution in [0.3, 0.4) is 0 Å². The average Bonchev–Trinajstić information content (AvgIpc) is 3.90. The zero-order valence-corrected chi connectivity index (χ0v) is 42.1. The average molecular weight is 1010 g/mol. The van der Waals surface area contributed by atoms with E-state index in [1.807, 2.05) is 31.3 Å². The van der Waals surface area contributed by atoms with E-state index in [-0.39, 0.29) is 52.6 Å². The van der Waals surface area contributed by atoms with E-state index < -0.39 is 23.1 Å². The van der Waals surface area contributed by atoms with Gasteiger partial charge in [0.1, 0.15) is 23.5 Å². The van der Waals surface area contributed by atoms with Crippen LogP contribution in [0.2, 0.25) is 5.15 Å². The number of fused-ring (bicyclic) bond motifs is 4. The zero-order valence-electron chi connectivity index (χ0n) is 41.4. The van der Waals surface area contributed by atoms with Gasteiger partial charge in [-0.25, -0.2) is 14.8 Å². The number of nitrogens with one attached hydrogen (secondary N) is 3. The lowest BCUT2D eigenvalue weighted by Crippen LogP contribution is -2.66. The molecule has 4 saturated heterocycles. The molecule has 5 aliphatic rings. The Kier molecular flexibility index (Phi) is 14.9. The van der Waals surface area contributed by atoms with Gasteiger partial charge in [0.05, 0.1) is 59.1 Å². The summed E-state index contributed by atoms with van der Waals surface area (Å²) < 4.78 is 13.6. The van der Waals surface area contributed by atoms with Crippen LogP contribution in [0.1, 0.15) is 85.5 Å². The Morgan fingerprint density at radius 1 is 0.917 bits per heavy atom. The molecule has 4 amide bonds. The van der Waals surface area contributed by atoms with Crippen molar-refractivity contribution in [2.24, 2.45) is 0 Å². The van der Waals surface area contributed by atoms with Gasteiger partial charge in [0, 0.05) is 89.9 Å². The van der Waals surface area contributed by atoms with Crippen molar-refractivity contribution < 1.29 is 28.7 Å². The Hall–Kier alpha value is -6.55. The molecule has 5 fully saturated rings. The van der Waals surface area contributed by atoms with Crippen LogP contribution in [0.15, 0.2) is 66.0 Å². The molecule has 10 rings (SSSR count). The molecule has 4 aliphatic heterocycles. The van der Waals surface area contributed by atoms with Crippen molar-refractivity contribution >= 4 is 57.8 Å². The number of amides is 4. The first-order chi connectivity index (χ1) is 34.5. The first-order valence-electron chi connectivity index (χ1n) is 24.7. The topological polar surface area (TPSA) is 229 Å². The first kappa shape index (κ1) is 50.4. The standard InChI is InChI=1S/C50H63ClN14O7/c1-5-35-27-40-41(57-44(35)67)26-34(28-52-40)30-60-16-20-62(21-17-60)36-6-7-38(53-29-36)45(68)58-49-10-12-50(13-11-49,71-33-49)32-61-18-22-63(23-19-61)46(69)39-9-8-37(43(51)56-39)55-42(66)31-64(47(70)72-48(2,3)4)24-25-65-15-14-54-59-65/h6-9,14-15,26-29H,5,10-13,16-25,30-33H2,1-4H3,(H,55,66)(H,57,67)(H,58,68). The van der Waals surface area contributed by atoms with E-state index in [4.69, 9.17) is 21.1 Å². The maximum atomic E-state index is 13.6. The van der Waals surface area contributed by atoms with E-state index >= 15 is 0 Å². The number of aromatic nitrogens is 7. The SMILES string of the molecule is CCc1cc2ncc(CN3CCN(c4ccc(C(=O)NC56CCC(CN7CCN(C(=O)c8ccc(NC(=O)CN(CCn9ccnn9)C(=O)OC(C)(C)C)c(Cl)n8)CC7)(CC5)OC6)nc4)CC3)cc2[nH]c1=O. The molecular formula is C50H63ClN14O7. The van der Waals surface area contributed by atoms with E-state index in [1.165, 1.54) is 23.2 Å². The molecule has 0 atom stereocenters. The van der Waals surface area contributed by atoms with E-state index in [2.05, 4.69) is 55.6 Å². The Balaban J connectivity index is 0.696. The smallest absolute Gasteiger partial charge is 0.410 e. The molecule has 0 spiro atoms. The summed E-state index contributed by atoms with van der Waals surface area (Å²) in [5, 5.41) is 13.6. The first-order valence-corrected chi connectivity index (χ1v) is 25.1. The number of piperazine rings is 2. The number of H-pyrrole nitrogens is 1. The summed E-state index contributed by atoms with van der Waals surface area (Å²) in [7, 11) is 0. The lowest BCUT2D eigenvalue weighted by atomic mass is 9.70. The van der Waals surface area contributed by atoms with Crippen molar-refractivity contribution in [3.8, 4) is 0 Å². The predicted molar refractivity (Wildman–Crippen MR) is 269 cm³/mol. The molecule has 0 unspecified atom stereocenters. The van der Waals surface area contributed by atoms with E-state index in [0.717, 1.165) is 92.8 Å². The summed E-state index contributed by atoms with van der Waals surface area (Å²) in [6.07, 6.45) is 10.1. The highest BCUT2D eigenvalue weighted by molar-refractivity contribution is 6.32. The summed E-state index contributed by atoms with van der Waals surface area (Å²) in [4.78, 5) is 92.1. The number of aryl methyl sites for hydroxylation is 1. The highest BCUT2D eigenvalue weighted by Crippen LogP contribution is 2.44. The molecule has 72 heavy (non-hydrogen) atoms. The summed E-state index contributed by atoms with van der Waals surface area (Å²) in [6, 6.07) is 10.7. The molecular weight excluding hydrogens is 944 g/mol. The second-order valence-corrected chi connectivity index (χ2v) is 20.7. The summed E-state index contributed by atoms with van der Waals surface area (Å²) in [5.74, 6) is -0.978. The minimum Gasteiger partial charge on any atom is -0.444 e. The molecule has 5 aromatic rings. The minimum absolute atomic E-state index is 0.0486. The number of ether oxygens (including phenoxy) is 2. The largest absolute Gasteiger partial charge is 0.444 e. The third-order valence-electron chi connectivity index (χ3n) is 14.1. The third-order valence-corrected chi connectivity index (χ3v) is 14.3. The van der Waals surface area contributed by atoms with Gasteiger partial charge in [-0.1, -0.05) is 23.7 Å². The van der Waals surface area contributed by atoms with E-state index in [1.54, 1.807) is 48.8 Å². The van der Waals surface area contributed by atoms with Crippen LogP contribution in [0.5, 0.6) is 0 Å². The molecule has 1 aliphatic carbocycles. The Bertz CT molecular complexity index is 2800. The number of anilines is 2. The van der Waals surface area contributed by atoms with Crippen LogP contribution in [0, 0.1) is 0 Å². The summed E-state index contributed by atoms with van der Waals surface area (Å²) in [6.45, 7) is 14.9. The molecule has 382 valence electrons. The fraction of sp³-hybridized carbons (Fsp3) is 0.520. The predicted octanol–water partition coefficient (Wildman–Crippen LogP) is 3.99. The highest BCUT2D eigenvalue weighted by atomic mass is 35.5. The Morgan fingerprint density at radius 3 is 2.32 bits per heavy atom. The quantitative estimate of drug-likeness (QED) is 0.126. The third kappa shape index (κ3) is 12.0. The molecule has 3 N–H and O–H groups in total. The van der Waals surface area contributed by atoms with Crippen molar-refractivity contribution in [2.45, 2.75) is 89.6 Å². The molecule has 0 aromatic carbocycles. The van der Waals surface area contributed by atoms with Crippen LogP contribution in [-0.4, -0.2) is 174 Å². The van der Waals surface area contributed by atoms with Gasteiger partial charge in [0.2, 0.25) is 5.91 Å². The van der Waals surface area contributed by atoms with Crippen LogP contribution < -0.4 is 21.1 Å². The summed E-state index contributed by atoms with van der Waals surface area (Å²) >= 11 is 6.50. The van der Waals surface area contributed by atoms with Crippen LogP contribution >= 0.6 is 11.6 Å². The highest BCUT2D eigenvalue weighted by Gasteiger charge is 2.51. The van der Waals surface area contributed by atoms with E-state index in [9.17, 15) is 24.0 Å². The van der Waals surface area contributed by atoms with Crippen molar-refractivity contribution in [3.63, 3.8) is 0 Å². The Labute approximate surface area is 422 Å². The van der Waals surface area contributed by atoms with Gasteiger partial charge >= 0.3 is 6.09 Å². The second-order valence-electron chi connectivity index (χ2n) is 20.3. The Morgan fingerprint density at radius 2 is 1.67 bits per heavy atom. The lowest BCUT2D eigenvalue weighted by Gasteiger charge is -2.54. The fourth-order valence-corrected chi connectivity index (χ4v) is 10.1. The van der Waals surface area contributed by atoms with Crippen LogP contribution in [0.4, 0.5) is 16.2 Å². The molecule has 21 nitrogen and oxygen atoms in total. The van der Waals surface area contributed by atoms with Gasteiger partial charge in [0.15, 0.2) is 5.15 Å². The van der Waals surface area contributed by atoms with Gasteiger partial charge in [-0.2, -0.15) is 0 Å². The zero-order chi connectivity index (χ0) is 50.6. The minimum atomic E-state index is -0.766. The number of aromatic amines is 1. The number of carbonyl (C=O) groups excluding carboxylic acids is 4. The van der Waals surface area contributed by atoms with Gasteiger partial charge in [-0.3, -0.25) is 43.5 Å². The molecule has 0 radical (unpaired) electrons. The number of nitrogens with zero attached hydrogens (tertiary/aromatic N) is 11. The molecule has 22 heteroatoms. The molecule has 1 saturated carbocycles. The monoisotopic (exact) mass is 1010 g/mol. The van der Waals surface area contributed by atoms with Crippen molar-refractivity contribution in [1.29, 1.82) is 0 Å². The maximum Gasteiger partial charge on any atom is 0.410 e. The van der Waals surface area contributed by atoms with Gasteiger partial charge in [-0.05, 0) is 94.8 Å². The van der Waals surface area contributed by atoms with Gasteiger partial charge in [-0.15, -0.1) is 5.10 Å². The van der Waals surface area contributed by atoms with Crippen LogP contribution in [-0.2, 0) is 33.8 Å². The normalized spacial score (nSPS) is 20.6. The van der Waals surface area contributed by atoms with Crippen molar-refractivity contribution in [1.82, 2.24) is 59.8 Å². The van der Waals surface area contributed by atoms with Crippen molar-refractivity contribution in [3.05, 3.63) is 99.2 Å². The van der Waals surface area contributed by atoms with Gasteiger partial charge < -0.3 is 34.9 Å². The number of pyridine rings is 4. The lowest BCUT2D eigenvalue weighted by molar-refractivity contribution is -0.170. The number of rotatable bonds is 15. The van der Waals surface area contributed by atoms with E-state index in [0.29, 0.717) is 51.4 Å². The summed E-state index contributed by atoms with van der Waals surface area (Å²) in [5.41, 5.74) is 3.50. The van der Waals surface area contributed by atoms with Crippen molar-refractivity contribution in [2.75, 3.05) is 88.8 Å². The fourth-order valence-electron chi connectivity index (χ4n) is 9.90. The molecule has 5 aromatic heterocycles. The maximum absolute atomic E-state index is 13.6. The number of carbonyl (C=O) groups is 4.